The molecule has 4 heteroatoms. The molecular weight excluding hydrogens is 161 g/mol. The molecule has 1 aliphatic heterocycles. The molecule has 2 rings (SSSR count). The average Bonchev–Trinajstić information content (AvgIpc) is 2.05. The van der Waals surface area contributed by atoms with E-state index in [1.54, 1.807) is 0 Å². The quantitative estimate of drug-likeness (QED) is 0.634. The van der Waals surface area contributed by atoms with E-state index in [4.69, 9.17) is 4.74 Å². The summed E-state index contributed by atoms with van der Waals surface area (Å²) in [5, 5.41) is 2.44. The molecule has 1 aliphatic rings. The van der Waals surface area contributed by atoms with Gasteiger partial charge in [-0.05, 0) is 18.2 Å². The van der Waals surface area contributed by atoms with Gasteiger partial charge in [-0.25, -0.2) is 9.18 Å². The molecule has 0 radical (unpaired) electrons. The molecule has 12 heavy (non-hydrogen) atoms. The van der Waals surface area contributed by atoms with Gasteiger partial charge in [-0.3, -0.25) is 0 Å². The lowest BCUT2D eigenvalue weighted by Gasteiger charge is -2.16. The molecule has 1 heterocycles. The van der Waals surface area contributed by atoms with E-state index < -0.39 is 6.09 Å². The molecule has 1 N–H and O–H groups in total. The maximum atomic E-state index is 12.6. The van der Waals surface area contributed by atoms with Crippen molar-refractivity contribution in [2.24, 2.45) is 0 Å². The molecule has 0 unspecified atom stereocenters. The largest absolute Gasteiger partial charge is 0.412 e. The lowest BCUT2D eigenvalue weighted by molar-refractivity contribution is 0.194. The van der Waals surface area contributed by atoms with Crippen molar-refractivity contribution in [3.8, 4) is 5.75 Å². The number of amides is 1. The highest BCUT2D eigenvalue weighted by atomic mass is 19.1. The van der Waals surface area contributed by atoms with Crippen LogP contribution in [0.2, 0.25) is 0 Å². The van der Waals surface area contributed by atoms with Gasteiger partial charge in [0.25, 0.3) is 0 Å². The Hall–Kier alpha value is -1.58. The van der Waals surface area contributed by atoms with Crippen LogP contribution in [0.4, 0.5) is 9.18 Å². The van der Waals surface area contributed by atoms with Gasteiger partial charge in [0.2, 0.25) is 0 Å². The molecule has 1 aromatic carbocycles. The van der Waals surface area contributed by atoms with E-state index in [0.717, 1.165) is 0 Å². The maximum Gasteiger partial charge on any atom is 0.412 e. The summed E-state index contributed by atoms with van der Waals surface area (Å²) in [5.41, 5.74) is 0.662. The summed E-state index contributed by atoms with van der Waals surface area (Å²) in [6.45, 7) is 0.325. The van der Waals surface area contributed by atoms with Gasteiger partial charge in [-0.15, -0.1) is 0 Å². The number of fused-ring (bicyclic) bond motifs is 1. The van der Waals surface area contributed by atoms with Gasteiger partial charge in [-0.2, -0.15) is 0 Å². The van der Waals surface area contributed by atoms with Gasteiger partial charge < -0.3 is 10.1 Å². The molecule has 0 fully saturated rings. The zero-order valence-corrected chi connectivity index (χ0v) is 6.13. The van der Waals surface area contributed by atoms with Crippen molar-refractivity contribution in [3.05, 3.63) is 29.6 Å². The maximum absolute atomic E-state index is 12.6. The second-order valence-electron chi connectivity index (χ2n) is 2.50. The minimum absolute atomic E-state index is 0.325. The smallest absolute Gasteiger partial charge is 0.410 e. The summed E-state index contributed by atoms with van der Waals surface area (Å²) in [6, 6.07) is 4.05. The standard InChI is InChI=1S/C8H6FNO2/c9-6-1-2-7-5(3-6)4-10-8(11)12-7/h1-3H,4H2,(H,10,11). The predicted molar refractivity (Wildman–Crippen MR) is 39.3 cm³/mol. The average molecular weight is 167 g/mol. The highest BCUT2D eigenvalue weighted by molar-refractivity contribution is 5.72. The SMILES string of the molecule is O=C1NCc2cc(F)ccc2O1. The van der Waals surface area contributed by atoms with Crippen LogP contribution < -0.4 is 10.1 Å². The Bertz CT molecular complexity index is 338. The van der Waals surface area contributed by atoms with Gasteiger partial charge in [0.05, 0.1) is 0 Å². The lowest BCUT2D eigenvalue weighted by Crippen LogP contribution is -2.31. The number of carbonyl (C=O) groups is 1. The van der Waals surface area contributed by atoms with Gasteiger partial charge in [-0.1, -0.05) is 0 Å². The van der Waals surface area contributed by atoms with Crippen LogP contribution in [-0.2, 0) is 6.54 Å². The first-order chi connectivity index (χ1) is 5.75. The molecule has 0 saturated heterocycles. The highest BCUT2D eigenvalue weighted by Crippen LogP contribution is 2.22. The van der Waals surface area contributed by atoms with Crippen LogP contribution in [0.5, 0.6) is 5.75 Å². The van der Waals surface area contributed by atoms with E-state index in [-0.39, 0.29) is 5.82 Å². The third-order valence-corrected chi connectivity index (χ3v) is 1.65. The van der Waals surface area contributed by atoms with Crippen LogP contribution in [0.1, 0.15) is 5.56 Å². The second-order valence-corrected chi connectivity index (χ2v) is 2.50. The van der Waals surface area contributed by atoms with Crippen molar-refractivity contribution < 1.29 is 13.9 Å². The van der Waals surface area contributed by atoms with Crippen molar-refractivity contribution in [1.82, 2.24) is 5.32 Å². The summed E-state index contributed by atoms with van der Waals surface area (Å²) in [4.78, 5) is 10.7. The molecule has 1 amide bonds. The van der Waals surface area contributed by atoms with Gasteiger partial charge in [0.15, 0.2) is 0 Å². The van der Waals surface area contributed by atoms with Crippen LogP contribution in [0.3, 0.4) is 0 Å². The minimum Gasteiger partial charge on any atom is -0.410 e. The van der Waals surface area contributed by atoms with E-state index in [9.17, 15) is 9.18 Å². The first-order valence-electron chi connectivity index (χ1n) is 3.50. The van der Waals surface area contributed by atoms with Gasteiger partial charge in [0.1, 0.15) is 11.6 Å². The molecule has 0 atom stereocenters. The second kappa shape index (κ2) is 2.48. The Labute approximate surface area is 68.1 Å². The number of rotatable bonds is 0. The summed E-state index contributed by atoms with van der Waals surface area (Å²) >= 11 is 0. The number of ether oxygens (including phenoxy) is 1. The Morgan fingerprint density at radius 2 is 2.33 bits per heavy atom. The first-order valence-corrected chi connectivity index (χ1v) is 3.50. The number of halogens is 1. The van der Waals surface area contributed by atoms with Crippen LogP contribution in [-0.4, -0.2) is 6.09 Å². The Balaban J connectivity index is 2.43. The Kier molecular flexibility index (Phi) is 1.46. The number of benzene rings is 1. The third kappa shape index (κ3) is 1.11. The van der Waals surface area contributed by atoms with Crippen LogP contribution in [0, 0.1) is 5.82 Å². The van der Waals surface area contributed by atoms with Gasteiger partial charge >= 0.3 is 6.09 Å². The summed E-state index contributed by atoms with van der Waals surface area (Å²) < 4.78 is 17.4. The van der Waals surface area contributed by atoms with Crippen LogP contribution in [0.15, 0.2) is 18.2 Å². The van der Waals surface area contributed by atoms with E-state index in [2.05, 4.69) is 5.32 Å². The highest BCUT2D eigenvalue weighted by Gasteiger charge is 2.15. The zero-order chi connectivity index (χ0) is 8.55. The lowest BCUT2D eigenvalue weighted by atomic mass is 10.2. The van der Waals surface area contributed by atoms with E-state index in [1.807, 2.05) is 0 Å². The van der Waals surface area contributed by atoms with Crippen molar-refractivity contribution >= 4 is 6.09 Å². The Morgan fingerprint density at radius 1 is 1.50 bits per heavy atom. The molecule has 0 spiro atoms. The van der Waals surface area contributed by atoms with E-state index in [1.165, 1.54) is 18.2 Å². The predicted octanol–water partition coefficient (Wildman–Crippen LogP) is 1.43. The number of hydrogen-bond donors (Lipinski definition) is 1. The summed E-state index contributed by atoms with van der Waals surface area (Å²) in [5.74, 6) is 0.105. The Morgan fingerprint density at radius 3 is 3.17 bits per heavy atom. The fourth-order valence-corrected chi connectivity index (χ4v) is 1.09. The number of hydrogen-bond acceptors (Lipinski definition) is 2. The van der Waals surface area contributed by atoms with Crippen molar-refractivity contribution in [1.29, 1.82) is 0 Å². The monoisotopic (exact) mass is 167 g/mol. The van der Waals surface area contributed by atoms with Crippen molar-refractivity contribution in [2.45, 2.75) is 6.54 Å². The topological polar surface area (TPSA) is 38.3 Å². The first kappa shape index (κ1) is 7.09. The third-order valence-electron chi connectivity index (χ3n) is 1.65. The van der Waals surface area contributed by atoms with Crippen LogP contribution >= 0.6 is 0 Å². The van der Waals surface area contributed by atoms with Gasteiger partial charge in [0, 0.05) is 12.1 Å². The van der Waals surface area contributed by atoms with Crippen molar-refractivity contribution in [2.75, 3.05) is 0 Å². The van der Waals surface area contributed by atoms with E-state index in [0.29, 0.717) is 17.9 Å². The fraction of sp³-hybridized carbons (Fsp3) is 0.125. The normalized spacial score (nSPS) is 14.6. The summed E-state index contributed by atoms with van der Waals surface area (Å²) in [6.07, 6.45) is -0.492. The number of carbonyl (C=O) groups excluding carboxylic acids is 1. The molecule has 0 aromatic heterocycles. The molecule has 0 bridgehead atoms. The number of nitrogens with one attached hydrogen (secondary N) is 1. The molecule has 0 aliphatic carbocycles. The van der Waals surface area contributed by atoms with E-state index >= 15 is 0 Å². The zero-order valence-electron chi connectivity index (χ0n) is 6.13. The molecule has 62 valence electrons. The van der Waals surface area contributed by atoms with Crippen LogP contribution in [0.25, 0.3) is 0 Å². The summed E-state index contributed by atoms with van der Waals surface area (Å²) in [7, 11) is 0. The molecular formula is C8H6FNO2. The molecule has 1 aromatic rings. The van der Waals surface area contributed by atoms with Crippen molar-refractivity contribution in [3.63, 3.8) is 0 Å². The fourth-order valence-electron chi connectivity index (χ4n) is 1.09. The minimum atomic E-state index is -0.492. The molecule has 3 nitrogen and oxygen atoms in total. The molecule has 0 saturated carbocycles.